The maximum Gasteiger partial charge on any atom is 0.472 e. The quantitative estimate of drug-likeness (QED) is 0.0268. The lowest BCUT2D eigenvalue weighted by molar-refractivity contribution is -0.154. The molecule has 0 aromatic rings. The van der Waals surface area contributed by atoms with Crippen molar-refractivity contribution in [3.63, 3.8) is 0 Å². The summed E-state index contributed by atoms with van der Waals surface area (Å²) in [5.74, 6) is -0.337. The van der Waals surface area contributed by atoms with Gasteiger partial charge in [0.25, 0.3) is 0 Å². The molecule has 3 N–H and O–H groups in total. The van der Waals surface area contributed by atoms with Crippen LogP contribution in [0.4, 0.5) is 0 Å². The van der Waals surface area contributed by atoms with E-state index in [1.165, 1.54) is 135 Å². The van der Waals surface area contributed by atoms with Crippen molar-refractivity contribution in [1.29, 1.82) is 0 Å². The third-order valence-corrected chi connectivity index (χ3v) is 12.3. The number of nitrogens with two attached hydrogens (primary N) is 1. The van der Waals surface area contributed by atoms with Gasteiger partial charge < -0.3 is 20.1 Å². The van der Waals surface area contributed by atoms with Crippen molar-refractivity contribution < 1.29 is 32.8 Å². The van der Waals surface area contributed by atoms with E-state index in [0.717, 1.165) is 77.0 Å². The molecule has 382 valence electrons. The Hall–Kier alpha value is -2.32. The van der Waals surface area contributed by atoms with E-state index < -0.39 is 13.9 Å². The molecule has 0 bridgehead atoms. The number of carbonyl (C=O) groups is 1. The number of phosphoric ester groups is 1. The lowest BCUT2D eigenvalue weighted by atomic mass is 10.0. The first-order valence-corrected chi connectivity index (χ1v) is 28.6. The Balaban J connectivity index is 3.96. The summed E-state index contributed by atoms with van der Waals surface area (Å²) < 4.78 is 33.6. The van der Waals surface area contributed by atoms with E-state index in [2.05, 4.69) is 98.9 Å². The lowest BCUT2D eigenvalue weighted by Crippen LogP contribution is -2.28. The topological polar surface area (TPSA) is 117 Å². The molecule has 0 heterocycles. The molecule has 0 spiro atoms. The molecule has 0 amide bonds. The molecule has 0 aromatic heterocycles. The minimum absolute atomic E-state index is 0.0948. The van der Waals surface area contributed by atoms with Gasteiger partial charge in [0, 0.05) is 19.6 Å². The molecule has 0 fully saturated rings. The smallest absolute Gasteiger partial charge is 0.457 e. The van der Waals surface area contributed by atoms with Crippen LogP contribution in [-0.4, -0.2) is 49.9 Å². The molecule has 0 aliphatic carbocycles. The van der Waals surface area contributed by atoms with E-state index in [1.54, 1.807) is 0 Å². The first-order valence-electron chi connectivity index (χ1n) is 27.1. The summed E-state index contributed by atoms with van der Waals surface area (Å²) in [6.07, 6.45) is 70.5. The van der Waals surface area contributed by atoms with Gasteiger partial charge >= 0.3 is 13.8 Å². The van der Waals surface area contributed by atoms with Crippen LogP contribution in [0.25, 0.3) is 0 Å². The van der Waals surface area contributed by atoms with Crippen molar-refractivity contribution in [2.24, 2.45) is 5.73 Å². The molecule has 0 aliphatic heterocycles. The number of esters is 1. The maximum atomic E-state index is 12.7. The highest BCUT2D eigenvalue weighted by molar-refractivity contribution is 7.47. The number of hydrogen-bond acceptors (Lipinski definition) is 7. The van der Waals surface area contributed by atoms with Crippen molar-refractivity contribution in [1.82, 2.24) is 0 Å². The zero-order valence-electron chi connectivity index (χ0n) is 42.7. The van der Waals surface area contributed by atoms with Crippen LogP contribution in [0.1, 0.15) is 232 Å². The van der Waals surface area contributed by atoms with Gasteiger partial charge in [0.05, 0.1) is 19.8 Å². The van der Waals surface area contributed by atoms with Gasteiger partial charge in [-0.15, -0.1) is 0 Å². The fourth-order valence-electron chi connectivity index (χ4n) is 7.35. The summed E-state index contributed by atoms with van der Waals surface area (Å²) >= 11 is 0. The minimum atomic E-state index is -4.29. The van der Waals surface area contributed by atoms with Crippen LogP contribution < -0.4 is 5.73 Å². The van der Waals surface area contributed by atoms with E-state index in [4.69, 9.17) is 24.3 Å². The summed E-state index contributed by atoms with van der Waals surface area (Å²) in [5.41, 5.74) is 5.40. The van der Waals surface area contributed by atoms with Gasteiger partial charge in [-0.3, -0.25) is 13.8 Å². The van der Waals surface area contributed by atoms with E-state index in [-0.39, 0.29) is 32.3 Å². The van der Waals surface area contributed by atoms with Crippen LogP contribution in [0.2, 0.25) is 0 Å². The molecule has 2 unspecified atom stereocenters. The Morgan fingerprint density at radius 3 is 1.27 bits per heavy atom. The van der Waals surface area contributed by atoms with Crippen molar-refractivity contribution in [2.75, 3.05) is 33.0 Å². The number of rotatable bonds is 51. The third-order valence-electron chi connectivity index (χ3n) is 11.3. The molecule has 2 atom stereocenters. The molecule has 0 radical (unpaired) electrons. The van der Waals surface area contributed by atoms with Crippen molar-refractivity contribution in [2.45, 2.75) is 238 Å². The van der Waals surface area contributed by atoms with E-state index in [1.807, 2.05) is 0 Å². The van der Waals surface area contributed by atoms with Gasteiger partial charge in [-0.2, -0.15) is 0 Å². The fourth-order valence-corrected chi connectivity index (χ4v) is 8.11. The number of ether oxygens (including phenoxy) is 2. The van der Waals surface area contributed by atoms with E-state index in [0.29, 0.717) is 13.0 Å². The summed E-state index contributed by atoms with van der Waals surface area (Å²) in [6, 6.07) is 0. The molecule has 0 saturated carbocycles. The van der Waals surface area contributed by atoms with E-state index in [9.17, 15) is 14.3 Å². The van der Waals surface area contributed by atoms with Gasteiger partial charge in [-0.25, -0.2) is 4.57 Å². The van der Waals surface area contributed by atoms with Crippen LogP contribution in [0, 0.1) is 0 Å². The summed E-state index contributed by atoms with van der Waals surface area (Å²) in [4.78, 5) is 22.6. The highest BCUT2D eigenvalue weighted by atomic mass is 31.2. The van der Waals surface area contributed by atoms with Crippen molar-refractivity contribution >= 4 is 13.8 Å². The number of unbranched alkanes of at least 4 members (excludes halogenated alkanes) is 24. The average Bonchev–Trinajstić information content (AvgIpc) is 3.31. The van der Waals surface area contributed by atoms with Crippen LogP contribution in [0.5, 0.6) is 0 Å². The first kappa shape index (κ1) is 63.7. The fraction of sp³-hybridized carbons (Fsp3) is 0.737. The van der Waals surface area contributed by atoms with Crippen LogP contribution >= 0.6 is 7.82 Å². The average molecular weight is 944 g/mol. The largest absolute Gasteiger partial charge is 0.472 e. The van der Waals surface area contributed by atoms with E-state index >= 15 is 0 Å². The SMILES string of the molecule is CC/C=C\C/C=C\C/C=C\C/C=C\C/C=C\CCCCCCCCCCOCC(COP(=O)(O)OCCN)OC(=O)CCCCCCCCCCCCC/C=C\C/C=C\CCCCCCC. The number of hydrogen-bond donors (Lipinski definition) is 2. The van der Waals surface area contributed by atoms with Gasteiger partial charge in [0.1, 0.15) is 6.10 Å². The summed E-state index contributed by atoms with van der Waals surface area (Å²) in [5, 5.41) is 0. The van der Waals surface area contributed by atoms with Crippen molar-refractivity contribution in [3.8, 4) is 0 Å². The monoisotopic (exact) mass is 944 g/mol. The standard InChI is InChI=1S/C57H102NO7P/c1-3-5-7-9-11-13-15-17-19-21-23-25-27-29-31-33-35-37-39-41-43-45-47-49-52-62-54-56(55-64-66(60,61)63-53-51-58)65-57(59)50-48-46-44-42-40-38-36-34-32-30-28-26-24-22-20-18-16-14-12-10-8-6-4-2/h5,7,11,13,16-19,22-25,29,31,56H,3-4,6,8-10,12,14-15,20-21,26-28,30,32-55,58H2,1-2H3,(H,60,61)/b7-5-,13-11-,18-16-,19-17-,24-22-,25-23-,31-29-. The molecule has 9 heteroatoms. The Labute approximate surface area is 407 Å². The second kappa shape index (κ2) is 53.6. The molecular formula is C57H102NO7P. The van der Waals surface area contributed by atoms with Gasteiger partial charge in [-0.1, -0.05) is 221 Å². The molecular weight excluding hydrogens is 842 g/mol. The summed E-state index contributed by atoms with van der Waals surface area (Å²) in [6.45, 7) is 4.79. The Morgan fingerprint density at radius 2 is 0.848 bits per heavy atom. The molecule has 66 heavy (non-hydrogen) atoms. The Bertz CT molecular complexity index is 1290. The van der Waals surface area contributed by atoms with Gasteiger partial charge in [0.15, 0.2) is 0 Å². The Kier molecular flexibility index (Phi) is 51.7. The second-order valence-corrected chi connectivity index (χ2v) is 19.2. The molecule has 0 aliphatic rings. The highest BCUT2D eigenvalue weighted by Gasteiger charge is 2.25. The van der Waals surface area contributed by atoms with Crippen LogP contribution in [0.15, 0.2) is 85.1 Å². The number of carbonyl (C=O) groups excluding carboxylic acids is 1. The van der Waals surface area contributed by atoms with Crippen LogP contribution in [-0.2, 0) is 27.9 Å². The second-order valence-electron chi connectivity index (χ2n) is 17.7. The third kappa shape index (κ3) is 52.6. The number of phosphoric acid groups is 1. The zero-order chi connectivity index (χ0) is 48.0. The van der Waals surface area contributed by atoms with Crippen molar-refractivity contribution in [3.05, 3.63) is 85.1 Å². The molecule has 0 rings (SSSR count). The normalized spacial score (nSPS) is 13.9. The van der Waals surface area contributed by atoms with Gasteiger partial charge in [0.2, 0.25) is 0 Å². The first-order chi connectivity index (χ1) is 32.4. The molecule has 8 nitrogen and oxygen atoms in total. The van der Waals surface area contributed by atoms with Gasteiger partial charge in [-0.05, 0) is 89.9 Å². The zero-order valence-corrected chi connectivity index (χ0v) is 43.6. The predicted octanol–water partition coefficient (Wildman–Crippen LogP) is 17.2. The van der Waals surface area contributed by atoms with Crippen LogP contribution in [0.3, 0.4) is 0 Å². The lowest BCUT2D eigenvalue weighted by Gasteiger charge is -2.20. The Morgan fingerprint density at radius 1 is 0.470 bits per heavy atom. The summed E-state index contributed by atoms with van der Waals surface area (Å²) in [7, 11) is -4.29. The number of allylic oxidation sites excluding steroid dienone is 14. The molecule has 0 saturated heterocycles. The predicted molar refractivity (Wildman–Crippen MR) is 284 cm³/mol. The maximum absolute atomic E-state index is 12.7. The highest BCUT2D eigenvalue weighted by Crippen LogP contribution is 2.43. The minimum Gasteiger partial charge on any atom is -0.457 e. The molecule has 0 aromatic carbocycles.